The maximum absolute atomic E-state index is 5.88. The normalized spacial score (nSPS) is 30.6. The van der Waals surface area contributed by atoms with Crippen molar-refractivity contribution < 1.29 is 0 Å². The molecule has 4 heteroatoms. The number of halogens is 1. The maximum Gasteiger partial charge on any atom is 0.183 e. The molecule has 0 radical (unpaired) electrons. The predicted octanol–water partition coefficient (Wildman–Crippen LogP) is 3.56. The van der Waals surface area contributed by atoms with Crippen LogP contribution >= 0.6 is 22.9 Å². The van der Waals surface area contributed by atoms with Crippen molar-refractivity contribution in [3.8, 4) is 0 Å². The molecule has 1 aliphatic carbocycles. The Labute approximate surface area is 106 Å². The Kier molecular flexibility index (Phi) is 3.18. The lowest BCUT2D eigenvalue weighted by Crippen LogP contribution is -2.41. The van der Waals surface area contributed by atoms with Gasteiger partial charge in [-0.25, -0.2) is 4.98 Å². The summed E-state index contributed by atoms with van der Waals surface area (Å²) in [6.07, 6.45) is 9.03. The Balaban J connectivity index is 1.69. The zero-order valence-corrected chi connectivity index (χ0v) is 10.9. The lowest BCUT2D eigenvalue weighted by Gasteiger charge is -2.37. The molecule has 1 saturated heterocycles. The van der Waals surface area contributed by atoms with Crippen molar-refractivity contribution in [2.45, 2.75) is 44.7 Å². The van der Waals surface area contributed by atoms with Crippen molar-refractivity contribution in [1.29, 1.82) is 0 Å². The molecular weight excluding hydrogens is 240 g/mol. The fraction of sp³-hybridized carbons (Fsp3) is 0.750. The minimum atomic E-state index is 0.676. The molecule has 2 atom stereocenters. The van der Waals surface area contributed by atoms with E-state index in [1.165, 1.54) is 43.5 Å². The van der Waals surface area contributed by atoms with E-state index >= 15 is 0 Å². The Hall–Kier alpha value is -0.120. The molecule has 2 heterocycles. The van der Waals surface area contributed by atoms with E-state index in [0.717, 1.165) is 18.5 Å². The Bertz CT molecular complexity index is 366. The quantitative estimate of drug-likeness (QED) is 0.804. The van der Waals surface area contributed by atoms with Crippen molar-refractivity contribution in [3.05, 3.63) is 15.5 Å². The standard InChI is InChI=1S/C12H17ClN2S/c13-12-14-7-10(16-12)8-15-6-2-4-9-3-1-5-11(9)15/h7,9,11H,1-6,8H2. The second kappa shape index (κ2) is 4.63. The van der Waals surface area contributed by atoms with E-state index in [4.69, 9.17) is 11.6 Å². The Morgan fingerprint density at radius 2 is 2.25 bits per heavy atom. The highest BCUT2D eigenvalue weighted by Gasteiger charge is 2.34. The van der Waals surface area contributed by atoms with Gasteiger partial charge in [0.2, 0.25) is 0 Å². The molecule has 0 spiro atoms. The van der Waals surface area contributed by atoms with E-state index in [1.807, 2.05) is 6.20 Å². The van der Waals surface area contributed by atoms with Gasteiger partial charge in [0.25, 0.3) is 0 Å². The summed E-state index contributed by atoms with van der Waals surface area (Å²) < 4.78 is 0.676. The van der Waals surface area contributed by atoms with E-state index in [0.29, 0.717) is 4.47 Å². The van der Waals surface area contributed by atoms with Gasteiger partial charge in [0.1, 0.15) is 0 Å². The summed E-state index contributed by atoms with van der Waals surface area (Å²) >= 11 is 7.51. The van der Waals surface area contributed by atoms with Gasteiger partial charge in [-0.2, -0.15) is 0 Å². The molecule has 0 amide bonds. The number of rotatable bonds is 2. The van der Waals surface area contributed by atoms with Gasteiger partial charge in [0.15, 0.2) is 4.47 Å². The number of hydrogen-bond donors (Lipinski definition) is 0. The first-order valence-electron chi connectivity index (χ1n) is 6.17. The predicted molar refractivity (Wildman–Crippen MR) is 67.9 cm³/mol. The first-order valence-corrected chi connectivity index (χ1v) is 7.36. The fourth-order valence-corrected chi connectivity index (χ4v) is 4.31. The van der Waals surface area contributed by atoms with Crippen LogP contribution in [0.15, 0.2) is 6.20 Å². The highest BCUT2D eigenvalue weighted by atomic mass is 35.5. The molecule has 16 heavy (non-hydrogen) atoms. The minimum absolute atomic E-state index is 0.676. The fourth-order valence-electron chi connectivity index (χ4n) is 3.31. The monoisotopic (exact) mass is 256 g/mol. The molecule has 1 aliphatic heterocycles. The maximum atomic E-state index is 5.88. The van der Waals surface area contributed by atoms with Gasteiger partial charge in [-0.15, -0.1) is 11.3 Å². The molecule has 2 fully saturated rings. The molecule has 1 aromatic rings. The molecule has 3 rings (SSSR count). The number of piperidine rings is 1. The van der Waals surface area contributed by atoms with Crippen molar-refractivity contribution in [2.75, 3.05) is 6.54 Å². The van der Waals surface area contributed by atoms with Gasteiger partial charge in [0, 0.05) is 23.7 Å². The van der Waals surface area contributed by atoms with Crippen LogP contribution in [0.1, 0.15) is 37.0 Å². The number of nitrogens with zero attached hydrogens (tertiary/aromatic N) is 2. The molecular formula is C12H17ClN2S. The van der Waals surface area contributed by atoms with Gasteiger partial charge in [-0.1, -0.05) is 18.0 Å². The minimum Gasteiger partial charge on any atom is -0.295 e. The van der Waals surface area contributed by atoms with E-state index in [2.05, 4.69) is 9.88 Å². The average Bonchev–Trinajstić information content (AvgIpc) is 2.87. The number of aromatic nitrogens is 1. The van der Waals surface area contributed by atoms with Crippen molar-refractivity contribution >= 4 is 22.9 Å². The Morgan fingerprint density at radius 1 is 1.38 bits per heavy atom. The molecule has 1 aromatic heterocycles. The van der Waals surface area contributed by atoms with Crippen LogP contribution in [0.4, 0.5) is 0 Å². The topological polar surface area (TPSA) is 16.1 Å². The van der Waals surface area contributed by atoms with Crippen LogP contribution in [0.5, 0.6) is 0 Å². The molecule has 2 nitrogen and oxygen atoms in total. The summed E-state index contributed by atoms with van der Waals surface area (Å²) in [5.74, 6) is 0.970. The molecule has 1 saturated carbocycles. The van der Waals surface area contributed by atoms with E-state index in [9.17, 15) is 0 Å². The highest BCUT2D eigenvalue weighted by Crippen LogP contribution is 2.37. The summed E-state index contributed by atoms with van der Waals surface area (Å²) in [6.45, 7) is 2.32. The second-order valence-corrected chi connectivity index (χ2v) is 6.65. The summed E-state index contributed by atoms with van der Waals surface area (Å²) in [5, 5.41) is 0. The summed E-state index contributed by atoms with van der Waals surface area (Å²) in [6, 6.07) is 0.842. The number of thiazole rings is 1. The zero-order chi connectivity index (χ0) is 11.0. The third-order valence-corrected chi connectivity index (χ3v) is 5.09. The Morgan fingerprint density at radius 3 is 3.06 bits per heavy atom. The van der Waals surface area contributed by atoms with Crippen molar-refractivity contribution in [2.24, 2.45) is 5.92 Å². The second-order valence-electron chi connectivity index (χ2n) is 4.95. The van der Waals surface area contributed by atoms with Crippen LogP contribution in [-0.4, -0.2) is 22.5 Å². The first-order chi connectivity index (χ1) is 7.83. The van der Waals surface area contributed by atoms with Gasteiger partial charge < -0.3 is 0 Å². The molecule has 0 aromatic carbocycles. The van der Waals surface area contributed by atoms with Crippen LogP contribution in [-0.2, 0) is 6.54 Å². The van der Waals surface area contributed by atoms with Crippen molar-refractivity contribution in [3.63, 3.8) is 0 Å². The van der Waals surface area contributed by atoms with Gasteiger partial charge in [-0.05, 0) is 38.1 Å². The molecule has 88 valence electrons. The number of likely N-dealkylation sites (tertiary alicyclic amines) is 1. The zero-order valence-electron chi connectivity index (χ0n) is 9.36. The largest absolute Gasteiger partial charge is 0.295 e. The van der Waals surface area contributed by atoms with Crippen LogP contribution in [0.2, 0.25) is 4.47 Å². The summed E-state index contributed by atoms with van der Waals surface area (Å²) in [5.41, 5.74) is 0. The van der Waals surface area contributed by atoms with E-state index in [-0.39, 0.29) is 0 Å². The number of hydrogen-bond acceptors (Lipinski definition) is 3. The summed E-state index contributed by atoms with van der Waals surface area (Å²) in [7, 11) is 0. The van der Waals surface area contributed by atoms with Gasteiger partial charge in [-0.3, -0.25) is 4.90 Å². The van der Waals surface area contributed by atoms with Crippen LogP contribution in [0.3, 0.4) is 0 Å². The van der Waals surface area contributed by atoms with E-state index in [1.54, 1.807) is 11.3 Å². The molecule has 2 aliphatic rings. The first kappa shape index (κ1) is 11.0. The lowest BCUT2D eigenvalue weighted by atomic mass is 9.92. The number of fused-ring (bicyclic) bond motifs is 1. The molecule has 0 N–H and O–H groups in total. The van der Waals surface area contributed by atoms with E-state index < -0.39 is 0 Å². The molecule has 0 bridgehead atoms. The van der Waals surface area contributed by atoms with Crippen molar-refractivity contribution in [1.82, 2.24) is 9.88 Å². The van der Waals surface area contributed by atoms with Crippen LogP contribution < -0.4 is 0 Å². The summed E-state index contributed by atoms with van der Waals surface area (Å²) in [4.78, 5) is 8.10. The smallest absolute Gasteiger partial charge is 0.183 e. The lowest BCUT2D eigenvalue weighted by molar-refractivity contribution is 0.107. The highest BCUT2D eigenvalue weighted by molar-refractivity contribution is 7.15. The van der Waals surface area contributed by atoms with Gasteiger partial charge >= 0.3 is 0 Å². The molecule has 2 unspecified atom stereocenters. The average molecular weight is 257 g/mol. The third kappa shape index (κ3) is 2.13. The van der Waals surface area contributed by atoms with Crippen LogP contribution in [0, 0.1) is 5.92 Å². The van der Waals surface area contributed by atoms with Crippen LogP contribution in [0.25, 0.3) is 0 Å². The third-order valence-electron chi connectivity index (χ3n) is 3.99. The van der Waals surface area contributed by atoms with Gasteiger partial charge in [0.05, 0.1) is 0 Å². The SMILES string of the molecule is Clc1ncc(CN2CCCC3CCCC32)s1.